The Morgan fingerprint density at radius 1 is 1.86 bits per heavy atom. The molecule has 4 heteroatoms. The van der Waals surface area contributed by atoms with Gasteiger partial charge >= 0.3 is 0 Å². The van der Waals surface area contributed by atoms with Crippen LogP contribution in [0.5, 0.6) is 0 Å². The van der Waals surface area contributed by atoms with Crippen LogP contribution in [0.3, 0.4) is 0 Å². The first kappa shape index (κ1) is 6.23. The van der Waals surface area contributed by atoms with Crippen LogP contribution in [-0.4, -0.2) is 24.6 Å². The molecule has 0 aromatic rings. The summed E-state index contributed by atoms with van der Waals surface area (Å²) in [6.45, 7) is 1.10. The van der Waals surface area contributed by atoms with Crippen molar-refractivity contribution in [1.82, 2.24) is 5.32 Å². The summed E-state index contributed by atoms with van der Waals surface area (Å²) in [5.74, 6) is 0. The minimum Gasteiger partial charge on any atom is -0.409 e. The van der Waals surface area contributed by atoms with Crippen molar-refractivity contribution in [1.29, 1.82) is 0 Å². The lowest BCUT2D eigenvalue weighted by atomic mass is 10.7. The molecule has 4 nitrogen and oxygen atoms in total. The third-order valence-electron chi connectivity index (χ3n) is 0.398. The summed E-state index contributed by atoms with van der Waals surface area (Å²) in [5.41, 5.74) is 5.04. The zero-order chi connectivity index (χ0) is 5.54. The van der Waals surface area contributed by atoms with Gasteiger partial charge in [0.1, 0.15) is 0 Å². The number of rotatable bonds is 3. The van der Waals surface area contributed by atoms with Crippen LogP contribution in [0.4, 0.5) is 0 Å². The van der Waals surface area contributed by atoms with Gasteiger partial charge in [-0.2, -0.15) is 0 Å². The minimum atomic E-state index is 0.516. The van der Waals surface area contributed by atoms with Gasteiger partial charge in [-0.3, -0.25) is 0 Å². The maximum Gasteiger partial charge on any atom is 0.211 e. The van der Waals surface area contributed by atoms with Gasteiger partial charge in [0, 0.05) is 13.1 Å². The van der Waals surface area contributed by atoms with Crippen LogP contribution < -0.4 is 11.1 Å². The molecule has 0 aromatic carbocycles. The second-order valence-electron chi connectivity index (χ2n) is 0.927. The van der Waals surface area contributed by atoms with Gasteiger partial charge in [0.05, 0.1) is 0 Å². The highest BCUT2D eigenvalue weighted by atomic mass is 16.4. The van der Waals surface area contributed by atoms with E-state index in [1.165, 1.54) is 0 Å². The van der Waals surface area contributed by atoms with E-state index in [0.717, 1.165) is 0 Å². The highest BCUT2D eigenvalue weighted by Gasteiger charge is 1.71. The molecule has 0 spiro atoms. The molecule has 7 heavy (non-hydrogen) atoms. The van der Waals surface area contributed by atoms with Gasteiger partial charge < -0.3 is 16.3 Å². The first-order chi connectivity index (χ1) is 3.41. The lowest BCUT2D eigenvalue weighted by Crippen LogP contribution is -2.20. The van der Waals surface area contributed by atoms with Crippen LogP contribution in [0.25, 0.3) is 0 Å². The summed E-state index contributed by atoms with van der Waals surface area (Å²) in [6, 6.07) is 0. The van der Waals surface area contributed by atoms with E-state index < -0.39 is 0 Å². The number of nitrogens with one attached hydrogen (secondary N) is 1. The molecule has 0 aliphatic rings. The van der Waals surface area contributed by atoms with Crippen molar-refractivity contribution < 1.29 is 5.21 Å². The van der Waals surface area contributed by atoms with Gasteiger partial charge in [0.2, 0.25) is 6.34 Å². The van der Waals surface area contributed by atoms with E-state index in [-0.39, 0.29) is 0 Å². The predicted molar refractivity (Wildman–Crippen MR) is 26.3 cm³/mol. The summed E-state index contributed by atoms with van der Waals surface area (Å²) in [5, 5.41) is 12.8. The zero-order valence-electron chi connectivity index (χ0n) is 3.89. The summed E-state index contributed by atoms with van der Waals surface area (Å²) in [4.78, 5) is 0. The Morgan fingerprint density at radius 2 is 2.57 bits per heavy atom. The topological polar surface area (TPSA) is 70.6 Å². The van der Waals surface area contributed by atoms with E-state index in [9.17, 15) is 0 Å². The van der Waals surface area contributed by atoms with E-state index in [1.54, 1.807) is 0 Å². The van der Waals surface area contributed by atoms with Gasteiger partial charge in [-0.05, 0) is 0 Å². The SMILES string of the molecule is NCCN[C]=NO. The third kappa shape index (κ3) is 5.23. The molecule has 0 aliphatic carbocycles. The normalized spacial score (nSPS) is 9.86. The van der Waals surface area contributed by atoms with Crippen LogP contribution in [0.2, 0.25) is 0 Å². The highest BCUT2D eigenvalue weighted by Crippen LogP contribution is 1.46. The quantitative estimate of drug-likeness (QED) is 0.105. The van der Waals surface area contributed by atoms with Crippen LogP contribution in [0.15, 0.2) is 5.16 Å². The third-order valence-corrected chi connectivity index (χ3v) is 0.398. The van der Waals surface area contributed by atoms with E-state index in [4.69, 9.17) is 10.9 Å². The molecule has 0 unspecified atom stereocenters. The van der Waals surface area contributed by atoms with E-state index in [1.807, 2.05) is 0 Å². The monoisotopic (exact) mass is 102 g/mol. The Hall–Kier alpha value is -0.770. The fraction of sp³-hybridized carbons (Fsp3) is 0.667. The second kappa shape index (κ2) is 5.23. The summed E-state index contributed by atoms with van der Waals surface area (Å²) in [7, 11) is 0. The van der Waals surface area contributed by atoms with Crippen LogP contribution in [-0.2, 0) is 0 Å². The number of nitrogens with two attached hydrogens (primary N) is 1. The standard InChI is InChI=1S/C3H8N3O/c4-1-2-5-3-6-7/h7H,1-2,4H2,(H,5,6). The fourth-order valence-electron chi connectivity index (χ4n) is 0.163. The smallest absolute Gasteiger partial charge is 0.211 e. The minimum absolute atomic E-state index is 0.516. The van der Waals surface area contributed by atoms with Crippen molar-refractivity contribution >= 4 is 6.34 Å². The first-order valence-electron chi connectivity index (χ1n) is 1.94. The Morgan fingerprint density at radius 3 is 3.00 bits per heavy atom. The summed E-state index contributed by atoms with van der Waals surface area (Å²) >= 11 is 0. The van der Waals surface area contributed by atoms with Crippen LogP contribution in [0, 0.1) is 0 Å². The van der Waals surface area contributed by atoms with Gasteiger partial charge in [-0.15, -0.1) is 0 Å². The Balaban J connectivity index is 2.69. The molecule has 4 N–H and O–H groups in total. The molecule has 0 bridgehead atoms. The molecule has 0 saturated carbocycles. The average Bonchev–Trinajstić information content (AvgIpc) is 1.69. The van der Waals surface area contributed by atoms with Crippen molar-refractivity contribution in [2.24, 2.45) is 10.9 Å². The zero-order valence-corrected chi connectivity index (χ0v) is 3.89. The van der Waals surface area contributed by atoms with Gasteiger partial charge in [-0.1, -0.05) is 5.16 Å². The molecule has 0 heterocycles. The molecular weight excluding hydrogens is 94.1 g/mol. The average molecular weight is 102 g/mol. The van der Waals surface area contributed by atoms with Gasteiger partial charge in [-0.25, -0.2) is 0 Å². The van der Waals surface area contributed by atoms with E-state index >= 15 is 0 Å². The van der Waals surface area contributed by atoms with Gasteiger partial charge in [0.25, 0.3) is 0 Å². The lowest BCUT2D eigenvalue weighted by molar-refractivity contribution is 0.319. The number of nitrogens with zero attached hydrogens (tertiary/aromatic N) is 1. The number of hydrogen-bond donors (Lipinski definition) is 3. The molecule has 0 aromatic heterocycles. The van der Waals surface area contributed by atoms with Crippen molar-refractivity contribution in [2.45, 2.75) is 0 Å². The van der Waals surface area contributed by atoms with Crippen molar-refractivity contribution in [3.63, 3.8) is 0 Å². The maximum absolute atomic E-state index is 7.70. The first-order valence-corrected chi connectivity index (χ1v) is 1.94. The maximum atomic E-state index is 7.70. The van der Waals surface area contributed by atoms with Crippen molar-refractivity contribution in [2.75, 3.05) is 13.1 Å². The van der Waals surface area contributed by atoms with Crippen molar-refractivity contribution in [3.05, 3.63) is 0 Å². The molecule has 1 radical (unpaired) electrons. The Labute approximate surface area is 42.0 Å². The molecule has 0 atom stereocenters. The van der Waals surface area contributed by atoms with Crippen LogP contribution in [0.1, 0.15) is 0 Å². The van der Waals surface area contributed by atoms with E-state index in [2.05, 4.69) is 16.8 Å². The molecule has 0 fully saturated rings. The van der Waals surface area contributed by atoms with E-state index in [0.29, 0.717) is 13.1 Å². The fourth-order valence-corrected chi connectivity index (χ4v) is 0.163. The molecule has 0 amide bonds. The van der Waals surface area contributed by atoms with Gasteiger partial charge in [0.15, 0.2) is 0 Å². The Bertz CT molecular complexity index is 54.1. The molecule has 0 saturated heterocycles. The molecule has 41 valence electrons. The van der Waals surface area contributed by atoms with Crippen LogP contribution >= 0.6 is 0 Å². The van der Waals surface area contributed by atoms with Crippen molar-refractivity contribution in [3.8, 4) is 0 Å². The molecular formula is C3H8N3O. The largest absolute Gasteiger partial charge is 0.409 e. The number of hydrogen-bond acceptors (Lipinski definition) is 3. The Kier molecular flexibility index (Phi) is 4.65. The highest BCUT2D eigenvalue weighted by molar-refractivity contribution is 5.52. The predicted octanol–water partition coefficient (Wildman–Crippen LogP) is -1.17. The summed E-state index contributed by atoms with van der Waals surface area (Å²) < 4.78 is 0. The molecule has 0 aliphatic heterocycles. The lowest BCUT2D eigenvalue weighted by Gasteiger charge is -1.88. The second-order valence-corrected chi connectivity index (χ2v) is 0.927. The summed E-state index contributed by atoms with van der Waals surface area (Å²) in [6.07, 6.45) is 2.10. The molecule has 0 rings (SSSR count).